The summed E-state index contributed by atoms with van der Waals surface area (Å²) in [4.78, 5) is 6.18. The fourth-order valence-corrected chi connectivity index (χ4v) is 4.90. The van der Waals surface area contributed by atoms with Crippen molar-refractivity contribution >= 4 is 27.5 Å². The van der Waals surface area contributed by atoms with E-state index in [0.717, 1.165) is 10.9 Å². The van der Waals surface area contributed by atoms with E-state index >= 15 is 13.2 Å². The second-order valence-electron chi connectivity index (χ2n) is 7.98. The number of para-hydroxylation sites is 3. The molecule has 0 saturated heterocycles. The molecule has 0 unspecified atom stereocenters. The van der Waals surface area contributed by atoms with Crippen LogP contribution in [0.5, 0.6) is 0 Å². The van der Waals surface area contributed by atoms with Gasteiger partial charge >= 0.3 is 6.18 Å². The SMILES string of the molecule is FC(F)(F)[C@@]1(c2c[nH]c3ccccc23)Nc2ccccc2Cc2c1[nH]c1ccccc21. The maximum Gasteiger partial charge on any atom is 0.421 e. The molecule has 0 amide bonds. The van der Waals surface area contributed by atoms with Crippen molar-refractivity contribution in [3.63, 3.8) is 0 Å². The lowest BCUT2D eigenvalue weighted by Gasteiger charge is -2.37. The van der Waals surface area contributed by atoms with Gasteiger partial charge < -0.3 is 15.3 Å². The zero-order chi connectivity index (χ0) is 21.2. The number of H-pyrrole nitrogens is 2. The molecule has 6 heteroatoms. The number of alkyl halides is 3. The van der Waals surface area contributed by atoms with Crippen LogP contribution in [-0.4, -0.2) is 16.1 Å². The van der Waals surface area contributed by atoms with Crippen LogP contribution in [0.15, 0.2) is 79.0 Å². The summed E-state index contributed by atoms with van der Waals surface area (Å²) in [7, 11) is 0. The van der Waals surface area contributed by atoms with Gasteiger partial charge in [-0.1, -0.05) is 54.6 Å². The lowest BCUT2D eigenvalue weighted by atomic mass is 9.83. The van der Waals surface area contributed by atoms with Crippen molar-refractivity contribution in [3.8, 4) is 0 Å². The molecule has 0 fully saturated rings. The number of hydrogen-bond acceptors (Lipinski definition) is 1. The highest BCUT2D eigenvalue weighted by atomic mass is 19.4. The normalized spacial score (nSPS) is 18.4. The van der Waals surface area contributed by atoms with Gasteiger partial charge in [-0.05, 0) is 29.3 Å². The molecule has 3 N–H and O–H groups in total. The molecule has 3 nitrogen and oxygen atoms in total. The Bertz CT molecular complexity index is 1440. The topological polar surface area (TPSA) is 43.6 Å². The van der Waals surface area contributed by atoms with E-state index in [1.54, 1.807) is 30.3 Å². The van der Waals surface area contributed by atoms with E-state index in [-0.39, 0.29) is 11.3 Å². The van der Waals surface area contributed by atoms with Gasteiger partial charge in [0.25, 0.3) is 0 Å². The molecule has 1 aliphatic heterocycles. The summed E-state index contributed by atoms with van der Waals surface area (Å²) in [6.45, 7) is 0. The number of nitrogens with one attached hydrogen (secondary N) is 3. The molecule has 3 aromatic carbocycles. The molecule has 0 saturated carbocycles. The van der Waals surface area contributed by atoms with Crippen molar-refractivity contribution in [2.75, 3.05) is 5.32 Å². The standard InChI is InChI=1S/C25H18F3N3/c26-25(27,28)24(19-14-29-21-11-5-3-9-17(19)21)23-18(16-8-2-6-12-22(16)30-23)13-15-7-1-4-10-20(15)31-24/h1-12,14,29-31H,13H2/t24-/m0/s1. The molecule has 2 aromatic heterocycles. The smallest absolute Gasteiger partial charge is 0.363 e. The molecule has 0 bridgehead atoms. The van der Waals surface area contributed by atoms with Crippen LogP contribution in [0.3, 0.4) is 0 Å². The summed E-state index contributed by atoms with van der Waals surface area (Å²) in [5, 5.41) is 4.30. The van der Waals surface area contributed by atoms with Gasteiger partial charge in [-0.25, -0.2) is 0 Å². The molecular weight excluding hydrogens is 399 g/mol. The minimum absolute atomic E-state index is 0.141. The fraction of sp³-hybridized carbons (Fsp3) is 0.120. The number of benzene rings is 3. The number of halogens is 3. The summed E-state index contributed by atoms with van der Waals surface area (Å²) in [5.74, 6) is 0. The lowest BCUT2D eigenvalue weighted by molar-refractivity contribution is -0.170. The first-order valence-electron chi connectivity index (χ1n) is 10.1. The minimum Gasteiger partial charge on any atom is -0.363 e. The Hall–Kier alpha value is -3.67. The predicted molar refractivity (Wildman–Crippen MR) is 116 cm³/mol. The largest absolute Gasteiger partial charge is 0.421 e. The molecular formula is C25H18F3N3. The van der Waals surface area contributed by atoms with E-state index < -0.39 is 11.7 Å². The molecule has 3 heterocycles. The molecule has 1 aliphatic rings. The van der Waals surface area contributed by atoms with E-state index in [2.05, 4.69) is 15.3 Å². The number of aromatic amines is 2. The Kier molecular flexibility index (Phi) is 3.61. The number of hydrogen-bond donors (Lipinski definition) is 3. The van der Waals surface area contributed by atoms with Crippen LogP contribution in [0.1, 0.15) is 22.4 Å². The minimum atomic E-state index is -4.62. The van der Waals surface area contributed by atoms with E-state index in [9.17, 15) is 0 Å². The third-order valence-corrected chi connectivity index (χ3v) is 6.31. The van der Waals surface area contributed by atoms with Gasteiger partial charge in [0.15, 0.2) is 0 Å². The second kappa shape index (κ2) is 6.17. The Morgan fingerprint density at radius 2 is 1.45 bits per heavy atom. The third kappa shape index (κ3) is 2.42. The molecule has 154 valence electrons. The summed E-state index contributed by atoms with van der Waals surface area (Å²) >= 11 is 0. The Morgan fingerprint density at radius 3 is 2.26 bits per heavy atom. The lowest BCUT2D eigenvalue weighted by Crippen LogP contribution is -2.50. The van der Waals surface area contributed by atoms with Crippen LogP contribution >= 0.6 is 0 Å². The maximum absolute atomic E-state index is 15.3. The molecule has 0 radical (unpaired) electrons. The summed E-state index contributed by atoms with van der Waals surface area (Å²) < 4.78 is 45.8. The first-order valence-corrected chi connectivity index (χ1v) is 10.1. The zero-order valence-corrected chi connectivity index (χ0v) is 16.3. The van der Waals surface area contributed by atoms with Crippen LogP contribution in [0, 0.1) is 0 Å². The average molecular weight is 417 g/mol. The van der Waals surface area contributed by atoms with Gasteiger partial charge in [-0.2, -0.15) is 13.2 Å². The third-order valence-electron chi connectivity index (χ3n) is 6.31. The van der Waals surface area contributed by atoms with Crippen LogP contribution in [0.25, 0.3) is 21.8 Å². The highest BCUT2D eigenvalue weighted by molar-refractivity contribution is 5.90. The van der Waals surface area contributed by atoms with Gasteiger partial charge in [0.05, 0.1) is 5.69 Å². The van der Waals surface area contributed by atoms with Gasteiger partial charge in [0.2, 0.25) is 5.54 Å². The van der Waals surface area contributed by atoms with E-state index in [4.69, 9.17) is 0 Å². The monoisotopic (exact) mass is 417 g/mol. The first kappa shape index (κ1) is 18.1. The summed E-state index contributed by atoms with van der Waals surface area (Å²) in [6, 6.07) is 21.7. The molecule has 6 rings (SSSR count). The van der Waals surface area contributed by atoms with Crippen molar-refractivity contribution in [2.45, 2.75) is 18.1 Å². The van der Waals surface area contributed by atoms with Crippen molar-refractivity contribution in [2.24, 2.45) is 0 Å². The average Bonchev–Trinajstić information content (AvgIpc) is 3.31. The van der Waals surface area contributed by atoms with Crippen LogP contribution in [-0.2, 0) is 12.0 Å². The van der Waals surface area contributed by atoms with E-state index in [0.29, 0.717) is 34.1 Å². The Balaban J connectivity index is 1.79. The Labute approximate surface area is 175 Å². The number of rotatable bonds is 1. The van der Waals surface area contributed by atoms with Crippen LogP contribution < -0.4 is 5.32 Å². The molecule has 0 spiro atoms. The number of aromatic nitrogens is 2. The second-order valence-corrected chi connectivity index (χ2v) is 7.98. The highest BCUT2D eigenvalue weighted by Gasteiger charge is 2.61. The fourth-order valence-electron chi connectivity index (χ4n) is 4.90. The molecule has 0 aliphatic carbocycles. The molecule has 31 heavy (non-hydrogen) atoms. The van der Waals surface area contributed by atoms with E-state index in [1.807, 2.05) is 42.5 Å². The van der Waals surface area contributed by atoms with Gasteiger partial charge in [-0.15, -0.1) is 0 Å². The van der Waals surface area contributed by atoms with Crippen molar-refractivity contribution in [1.82, 2.24) is 9.97 Å². The van der Waals surface area contributed by atoms with E-state index in [1.165, 1.54) is 6.20 Å². The quantitative estimate of drug-likeness (QED) is 0.287. The molecule has 5 aromatic rings. The first-order chi connectivity index (χ1) is 15.0. The van der Waals surface area contributed by atoms with Gasteiger partial charge in [-0.3, -0.25) is 0 Å². The maximum atomic E-state index is 15.3. The zero-order valence-electron chi connectivity index (χ0n) is 16.3. The van der Waals surface area contributed by atoms with Gasteiger partial charge in [0, 0.05) is 45.7 Å². The Morgan fingerprint density at radius 1 is 0.774 bits per heavy atom. The van der Waals surface area contributed by atoms with Crippen LogP contribution in [0.4, 0.5) is 18.9 Å². The van der Waals surface area contributed by atoms with Crippen molar-refractivity contribution in [1.29, 1.82) is 0 Å². The van der Waals surface area contributed by atoms with Crippen molar-refractivity contribution in [3.05, 3.63) is 101 Å². The number of anilines is 1. The molecule has 1 atom stereocenters. The summed E-state index contributed by atoms with van der Waals surface area (Å²) in [6.07, 6.45) is -2.73. The highest BCUT2D eigenvalue weighted by Crippen LogP contribution is 2.52. The van der Waals surface area contributed by atoms with Crippen LogP contribution in [0.2, 0.25) is 0 Å². The van der Waals surface area contributed by atoms with Gasteiger partial charge in [0.1, 0.15) is 0 Å². The predicted octanol–water partition coefficient (Wildman–Crippen LogP) is 6.47. The summed E-state index contributed by atoms with van der Waals surface area (Å²) in [5.41, 5.74) is 1.20. The van der Waals surface area contributed by atoms with Crippen molar-refractivity contribution < 1.29 is 13.2 Å². The number of fused-ring (bicyclic) bond motifs is 5.